The van der Waals surface area contributed by atoms with E-state index in [0.717, 1.165) is 22.4 Å². The van der Waals surface area contributed by atoms with E-state index in [1.165, 1.54) is 0 Å². The summed E-state index contributed by atoms with van der Waals surface area (Å²) < 4.78 is 8.02. The number of rotatable bonds is 9. The van der Waals surface area contributed by atoms with E-state index in [0.29, 0.717) is 43.3 Å². The van der Waals surface area contributed by atoms with E-state index in [1.54, 1.807) is 0 Å². The van der Waals surface area contributed by atoms with Gasteiger partial charge in [0.2, 0.25) is 5.91 Å². The summed E-state index contributed by atoms with van der Waals surface area (Å²) in [7, 11) is 0. The Bertz CT molecular complexity index is 1160. The Morgan fingerprint density at radius 3 is 2.55 bits per heavy atom. The maximum absolute atomic E-state index is 12.2. The van der Waals surface area contributed by atoms with Crippen LogP contribution in [0.15, 0.2) is 78.9 Å². The van der Waals surface area contributed by atoms with Crippen molar-refractivity contribution in [3.63, 3.8) is 0 Å². The van der Waals surface area contributed by atoms with Crippen LogP contribution in [0.5, 0.6) is 5.75 Å². The number of nitrogens with zero attached hydrogens (tertiary/aromatic N) is 2. The van der Waals surface area contributed by atoms with Crippen molar-refractivity contribution in [2.45, 2.75) is 19.4 Å². The Labute approximate surface area is 186 Å². The lowest BCUT2D eigenvalue weighted by Gasteiger charge is -2.12. The second kappa shape index (κ2) is 10.1. The molecule has 0 aliphatic heterocycles. The Morgan fingerprint density at radius 1 is 0.968 bits per heavy atom. The molecule has 0 fully saturated rings. The van der Waals surface area contributed by atoms with Crippen molar-refractivity contribution >= 4 is 28.5 Å². The van der Waals surface area contributed by atoms with Gasteiger partial charge in [0.05, 0.1) is 29.0 Å². The summed E-state index contributed by atoms with van der Waals surface area (Å²) in [6, 6.07) is 25.2. The summed E-state index contributed by atoms with van der Waals surface area (Å²) in [5.74, 6) is 1.60. The third-order valence-electron chi connectivity index (χ3n) is 5.02. The molecule has 1 N–H and O–H groups in total. The van der Waals surface area contributed by atoms with Crippen LogP contribution in [0.3, 0.4) is 0 Å². The number of aromatic nitrogens is 2. The van der Waals surface area contributed by atoms with Crippen LogP contribution in [0.1, 0.15) is 11.4 Å². The van der Waals surface area contributed by atoms with Gasteiger partial charge in [0.25, 0.3) is 0 Å². The molecule has 4 aromatic rings. The monoisotopic (exact) mass is 433 g/mol. The average molecular weight is 434 g/mol. The molecule has 0 radical (unpaired) electrons. The number of nitrogens with one attached hydrogen (secondary N) is 1. The van der Waals surface area contributed by atoms with E-state index in [2.05, 4.69) is 16.0 Å². The highest BCUT2D eigenvalue weighted by Crippen LogP contribution is 2.23. The van der Waals surface area contributed by atoms with Gasteiger partial charge in [-0.2, -0.15) is 0 Å². The molecule has 0 aliphatic rings. The van der Waals surface area contributed by atoms with Crippen molar-refractivity contribution in [2.75, 3.05) is 13.2 Å². The molecule has 1 heterocycles. The van der Waals surface area contributed by atoms with Crippen LogP contribution in [0.4, 0.5) is 0 Å². The minimum absolute atomic E-state index is 0.0101. The van der Waals surface area contributed by atoms with E-state index < -0.39 is 0 Å². The third-order valence-corrected chi connectivity index (χ3v) is 5.33. The first kappa shape index (κ1) is 20.9. The summed E-state index contributed by atoms with van der Waals surface area (Å²) in [5.41, 5.74) is 2.99. The molecule has 6 heteroatoms. The van der Waals surface area contributed by atoms with E-state index in [9.17, 15) is 4.79 Å². The molecule has 0 aliphatic carbocycles. The highest BCUT2D eigenvalue weighted by atomic mass is 35.5. The largest absolute Gasteiger partial charge is 0.490 e. The third kappa shape index (κ3) is 5.44. The van der Waals surface area contributed by atoms with Gasteiger partial charge in [-0.1, -0.05) is 66.2 Å². The number of imidazole rings is 1. The summed E-state index contributed by atoms with van der Waals surface area (Å²) in [6.07, 6.45) is 1.02. The molecule has 0 saturated carbocycles. The number of hydrogen-bond donors (Lipinski definition) is 1. The number of para-hydroxylation sites is 3. The lowest BCUT2D eigenvalue weighted by atomic mass is 10.1. The number of hydrogen-bond acceptors (Lipinski definition) is 3. The zero-order valence-electron chi connectivity index (χ0n) is 17.1. The van der Waals surface area contributed by atoms with Gasteiger partial charge in [0, 0.05) is 13.0 Å². The summed E-state index contributed by atoms with van der Waals surface area (Å²) in [5, 5.41) is 3.60. The molecular formula is C25H24ClN3O2. The maximum Gasteiger partial charge on any atom is 0.224 e. The van der Waals surface area contributed by atoms with Crippen molar-refractivity contribution in [2.24, 2.45) is 0 Å². The molecule has 31 heavy (non-hydrogen) atoms. The molecule has 0 saturated heterocycles. The molecule has 0 bridgehead atoms. The number of carbonyl (C=O) groups excluding carboxylic acids is 1. The average Bonchev–Trinajstić information content (AvgIpc) is 3.13. The lowest BCUT2D eigenvalue weighted by molar-refractivity contribution is -0.120. The fourth-order valence-corrected chi connectivity index (χ4v) is 3.72. The molecule has 3 aromatic carbocycles. The number of halogens is 1. The molecule has 158 valence electrons. The van der Waals surface area contributed by atoms with Gasteiger partial charge in [0.1, 0.15) is 18.2 Å². The van der Waals surface area contributed by atoms with Crippen molar-refractivity contribution < 1.29 is 9.53 Å². The van der Waals surface area contributed by atoms with Crippen LogP contribution < -0.4 is 10.1 Å². The van der Waals surface area contributed by atoms with Crippen LogP contribution in [0, 0.1) is 0 Å². The molecule has 1 aromatic heterocycles. The topological polar surface area (TPSA) is 56.2 Å². The first-order valence-corrected chi connectivity index (χ1v) is 10.7. The molecule has 0 atom stereocenters. The van der Waals surface area contributed by atoms with E-state index in [4.69, 9.17) is 21.3 Å². The van der Waals surface area contributed by atoms with Gasteiger partial charge < -0.3 is 14.6 Å². The molecule has 0 spiro atoms. The number of carbonyl (C=O) groups is 1. The van der Waals surface area contributed by atoms with Crippen LogP contribution in [0.25, 0.3) is 11.0 Å². The fourth-order valence-electron chi connectivity index (χ4n) is 3.53. The van der Waals surface area contributed by atoms with E-state index in [-0.39, 0.29) is 5.91 Å². The minimum atomic E-state index is 0.0101. The Morgan fingerprint density at radius 2 is 1.71 bits per heavy atom. The van der Waals surface area contributed by atoms with Gasteiger partial charge in [-0.15, -0.1) is 0 Å². The highest BCUT2D eigenvalue weighted by Gasteiger charge is 2.11. The minimum Gasteiger partial charge on any atom is -0.490 e. The van der Waals surface area contributed by atoms with Gasteiger partial charge >= 0.3 is 0 Å². The van der Waals surface area contributed by atoms with Crippen LogP contribution >= 0.6 is 11.6 Å². The van der Waals surface area contributed by atoms with E-state index >= 15 is 0 Å². The Balaban J connectivity index is 1.39. The predicted molar refractivity (Wildman–Crippen MR) is 124 cm³/mol. The normalized spacial score (nSPS) is 10.9. The molecule has 0 unspecified atom stereocenters. The van der Waals surface area contributed by atoms with Crippen molar-refractivity contribution in [1.82, 2.24) is 14.9 Å². The first-order chi connectivity index (χ1) is 15.2. The van der Waals surface area contributed by atoms with E-state index in [1.807, 2.05) is 72.8 Å². The van der Waals surface area contributed by atoms with Gasteiger partial charge in [0.15, 0.2) is 0 Å². The second-order valence-corrected chi connectivity index (χ2v) is 7.62. The zero-order chi connectivity index (χ0) is 21.5. The number of benzene rings is 3. The van der Waals surface area contributed by atoms with Gasteiger partial charge in [-0.3, -0.25) is 4.79 Å². The second-order valence-electron chi connectivity index (χ2n) is 7.21. The van der Waals surface area contributed by atoms with Gasteiger partial charge in [-0.25, -0.2) is 4.98 Å². The van der Waals surface area contributed by atoms with Crippen LogP contribution in [-0.2, 0) is 24.2 Å². The molecule has 4 rings (SSSR count). The number of amides is 1. The SMILES string of the molecule is O=C(Cc1ccccc1)NCCc1nc2ccccc2n1CCOc1ccccc1Cl. The van der Waals surface area contributed by atoms with Gasteiger partial charge in [-0.05, 0) is 29.8 Å². The summed E-state index contributed by atoms with van der Waals surface area (Å²) in [6.45, 7) is 1.64. The predicted octanol–water partition coefficient (Wildman–Crippen LogP) is 4.67. The van der Waals surface area contributed by atoms with Crippen LogP contribution in [-0.4, -0.2) is 28.6 Å². The standard InChI is InChI=1S/C25H24ClN3O2/c26-20-10-4-7-13-23(20)31-17-16-29-22-12-6-5-11-21(22)28-24(29)14-15-27-25(30)18-19-8-2-1-3-9-19/h1-13H,14-18H2,(H,27,30). The molecular weight excluding hydrogens is 410 g/mol. The summed E-state index contributed by atoms with van der Waals surface area (Å²) in [4.78, 5) is 17.0. The van der Waals surface area contributed by atoms with Crippen molar-refractivity contribution in [3.8, 4) is 5.75 Å². The number of fused-ring (bicyclic) bond motifs is 1. The Kier molecular flexibility index (Phi) is 6.85. The molecule has 5 nitrogen and oxygen atoms in total. The highest BCUT2D eigenvalue weighted by molar-refractivity contribution is 6.32. The zero-order valence-corrected chi connectivity index (χ0v) is 17.9. The lowest BCUT2D eigenvalue weighted by Crippen LogP contribution is -2.28. The van der Waals surface area contributed by atoms with Crippen LogP contribution in [0.2, 0.25) is 5.02 Å². The van der Waals surface area contributed by atoms with Crippen molar-refractivity contribution in [1.29, 1.82) is 0 Å². The fraction of sp³-hybridized carbons (Fsp3) is 0.200. The maximum atomic E-state index is 12.2. The quantitative estimate of drug-likeness (QED) is 0.417. The summed E-state index contributed by atoms with van der Waals surface area (Å²) >= 11 is 6.18. The Hall–Kier alpha value is -3.31. The first-order valence-electron chi connectivity index (χ1n) is 10.3. The smallest absolute Gasteiger partial charge is 0.224 e. The van der Waals surface area contributed by atoms with Crippen molar-refractivity contribution in [3.05, 3.63) is 95.3 Å². The number of ether oxygens (including phenoxy) is 1. The molecule has 1 amide bonds.